The Labute approximate surface area is 135 Å². The van der Waals surface area contributed by atoms with Crippen LogP contribution in [0.5, 0.6) is 5.75 Å². The molecule has 2 rings (SSSR count). The van der Waals surface area contributed by atoms with Crippen molar-refractivity contribution in [1.82, 2.24) is 10.3 Å². The molecule has 1 heterocycles. The highest BCUT2D eigenvalue weighted by atomic mass is 35.5. The standard InChI is InChI=1S/C17H19ClN2O2/c1-4-22-15-8-7-11(2)10-14(15)12(3)20-17(21)13-6-5-9-19-16(13)18/h5-10,12H,4H2,1-3H3,(H,20,21). The third-order valence-electron chi connectivity index (χ3n) is 3.28. The van der Waals surface area contributed by atoms with Gasteiger partial charge in [-0.3, -0.25) is 4.79 Å². The molecule has 22 heavy (non-hydrogen) atoms. The number of ether oxygens (including phenoxy) is 1. The van der Waals surface area contributed by atoms with Gasteiger partial charge in [0.1, 0.15) is 10.9 Å². The summed E-state index contributed by atoms with van der Waals surface area (Å²) < 4.78 is 5.63. The van der Waals surface area contributed by atoms with E-state index in [-0.39, 0.29) is 17.1 Å². The fourth-order valence-electron chi connectivity index (χ4n) is 2.20. The van der Waals surface area contributed by atoms with Crippen LogP contribution in [0.3, 0.4) is 0 Å². The van der Waals surface area contributed by atoms with Crippen LogP contribution in [0, 0.1) is 6.92 Å². The average molecular weight is 319 g/mol. The van der Waals surface area contributed by atoms with E-state index in [4.69, 9.17) is 16.3 Å². The second kappa shape index (κ2) is 7.27. The number of rotatable bonds is 5. The number of aromatic nitrogens is 1. The number of nitrogens with zero attached hydrogens (tertiary/aromatic N) is 1. The summed E-state index contributed by atoms with van der Waals surface area (Å²) in [5, 5.41) is 3.13. The Morgan fingerprint density at radius 1 is 1.41 bits per heavy atom. The Bertz CT molecular complexity index is 673. The van der Waals surface area contributed by atoms with Crippen LogP contribution in [-0.2, 0) is 0 Å². The Morgan fingerprint density at radius 3 is 2.86 bits per heavy atom. The van der Waals surface area contributed by atoms with Crippen molar-refractivity contribution in [3.05, 3.63) is 58.4 Å². The van der Waals surface area contributed by atoms with Crippen LogP contribution in [0.1, 0.15) is 41.4 Å². The molecule has 4 nitrogen and oxygen atoms in total. The van der Waals surface area contributed by atoms with Gasteiger partial charge in [-0.25, -0.2) is 4.98 Å². The van der Waals surface area contributed by atoms with Crippen molar-refractivity contribution in [1.29, 1.82) is 0 Å². The number of benzene rings is 1. The van der Waals surface area contributed by atoms with Crippen LogP contribution < -0.4 is 10.1 Å². The monoisotopic (exact) mass is 318 g/mol. The summed E-state index contributed by atoms with van der Waals surface area (Å²) in [5.41, 5.74) is 2.41. The molecule has 0 fully saturated rings. The molecule has 5 heteroatoms. The number of amides is 1. The van der Waals surface area contributed by atoms with Gasteiger partial charge >= 0.3 is 0 Å². The number of hydrogen-bond donors (Lipinski definition) is 1. The van der Waals surface area contributed by atoms with Crippen molar-refractivity contribution in [3.8, 4) is 5.75 Å². The highest BCUT2D eigenvalue weighted by Crippen LogP contribution is 2.27. The minimum absolute atomic E-state index is 0.196. The van der Waals surface area contributed by atoms with Gasteiger partial charge in [0.2, 0.25) is 0 Å². The molecule has 1 aromatic heterocycles. The summed E-state index contributed by atoms with van der Waals surface area (Å²) in [7, 11) is 0. The highest BCUT2D eigenvalue weighted by molar-refractivity contribution is 6.32. The largest absolute Gasteiger partial charge is 0.494 e. The van der Waals surface area contributed by atoms with Crippen LogP contribution >= 0.6 is 11.6 Å². The van der Waals surface area contributed by atoms with Gasteiger partial charge in [-0.2, -0.15) is 0 Å². The maximum absolute atomic E-state index is 12.3. The summed E-state index contributed by atoms with van der Waals surface area (Å²) in [6, 6.07) is 9.06. The van der Waals surface area contributed by atoms with E-state index < -0.39 is 0 Å². The normalized spacial score (nSPS) is 11.8. The van der Waals surface area contributed by atoms with Gasteiger partial charge < -0.3 is 10.1 Å². The molecule has 1 amide bonds. The van der Waals surface area contributed by atoms with Crippen molar-refractivity contribution in [3.63, 3.8) is 0 Å². The zero-order valence-electron chi connectivity index (χ0n) is 12.9. The van der Waals surface area contributed by atoms with Crippen LogP contribution in [0.15, 0.2) is 36.5 Å². The number of halogens is 1. The van der Waals surface area contributed by atoms with Crippen LogP contribution in [0.4, 0.5) is 0 Å². The highest BCUT2D eigenvalue weighted by Gasteiger charge is 2.17. The molecular weight excluding hydrogens is 300 g/mol. The van der Waals surface area contributed by atoms with Gasteiger partial charge in [-0.1, -0.05) is 29.3 Å². The minimum Gasteiger partial charge on any atom is -0.494 e. The maximum atomic E-state index is 12.3. The quantitative estimate of drug-likeness (QED) is 0.850. The van der Waals surface area contributed by atoms with Gasteiger partial charge in [-0.05, 0) is 39.0 Å². The number of pyridine rings is 1. The van der Waals surface area contributed by atoms with E-state index in [9.17, 15) is 4.79 Å². The molecule has 0 saturated heterocycles. The summed E-state index contributed by atoms with van der Waals surface area (Å²) in [4.78, 5) is 16.2. The third-order valence-corrected chi connectivity index (χ3v) is 3.58. The second-order valence-corrected chi connectivity index (χ2v) is 5.37. The van der Waals surface area contributed by atoms with E-state index in [0.717, 1.165) is 16.9 Å². The molecule has 1 atom stereocenters. The van der Waals surface area contributed by atoms with Crippen molar-refractivity contribution >= 4 is 17.5 Å². The summed E-state index contributed by atoms with van der Waals surface area (Å²) >= 11 is 5.96. The number of carbonyl (C=O) groups is 1. The lowest BCUT2D eigenvalue weighted by Gasteiger charge is -2.19. The number of hydrogen-bond acceptors (Lipinski definition) is 3. The van der Waals surface area contributed by atoms with Gasteiger partial charge in [0, 0.05) is 11.8 Å². The SMILES string of the molecule is CCOc1ccc(C)cc1C(C)NC(=O)c1cccnc1Cl. The van der Waals surface area contributed by atoms with E-state index in [1.165, 1.54) is 0 Å². The predicted molar refractivity (Wildman–Crippen MR) is 87.5 cm³/mol. The van der Waals surface area contributed by atoms with E-state index in [1.807, 2.05) is 39.0 Å². The molecule has 0 radical (unpaired) electrons. The lowest BCUT2D eigenvalue weighted by atomic mass is 10.0. The Hall–Kier alpha value is -2.07. The molecule has 116 valence electrons. The van der Waals surface area contributed by atoms with Crippen molar-refractivity contribution in [2.75, 3.05) is 6.61 Å². The predicted octanol–water partition coefficient (Wildman–Crippen LogP) is 3.93. The first-order valence-electron chi connectivity index (χ1n) is 7.17. The molecule has 0 aliphatic carbocycles. The molecule has 1 N–H and O–H groups in total. The van der Waals surface area contributed by atoms with E-state index in [1.54, 1.807) is 18.3 Å². The van der Waals surface area contributed by atoms with Gasteiger partial charge in [0.05, 0.1) is 18.2 Å². The fourth-order valence-corrected chi connectivity index (χ4v) is 2.41. The first-order valence-corrected chi connectivity index (χ1v) is 7.55. The Balaban J connectivity index is 2.22. The molecule has 2 aromatic rings. The van der Waals surface area contributed by atoms with E-state index >= 15 is 0 Å². The molecule has 1 unspecified atom stereocenters. The number of nitrogens with one attached hydrogen (secondary N) is 1. The zero-order chi connectivity index (χ0) is 16.1. The third kappa shape index (κ3) is 3.77. The van der Waals surface area contributed by atoms with E-state index in [2.05, 4.69) is 10.3 Å². The van der Waals surface area contributed by atoms with Crippen LogP contribution in [-0.4, -0.2) is 17.5 Å². The summed E-state index contributed by atoms with van der Waals surface area (Å²) in [6.07, 6.45) is 1.55. The lowest BCUT2D eigenvalue weighted by molar-refractivity contribution is 0.0939. The first kappa shape index (κ1) is 16.3. The molecule has 0 spiro atoms. The number of aryl methyl sites for hydroxylation is 1. The van der Waals surface area contributed by atoms with E-state index in [0.29, 0.717) is 12.2 Å². The topological polar surface area (TPSA) is 51.2 Å². The lowest BCUT2D eigenvalue weighted by Crippen LogP contribution is -2.27. The maximum Gasteiger partial charge on any atom is 0.254 e. The molecule has 1 aromatic carbocycles. The molecule has 0 bridgehead atoms. The van der Waals surface area contributed by atoms with Crippen LogP contribution in [0.25, 0.3) is 0 Å². The first-order chi connectivity index (χ1) is 10.5. The Morgan fingerprint density at radius 2 is 2.18 bits per heavy atom. The fraction of sp³-hybridized carbons (Fsp3) is 0.294. The van der Waals surface area contributed by atoms with Crippen molar-refractivity contribution < 1.29 is 9.53 Å². The zero-order valence-corrected chi connectivity index (χ0v) is 13.6. The minimum atomic E-state index is -0.255. The second-order valence-electron chi connectivity index (χ2n) is 5.01. The van der Waals surface area contributed by atoms with Gasteiger partial charge in [0.25, 0.3) is 5.91 Å². The molecule has 0 saturated carbocycles. The average Bonchev–Trinajstić information content (AvgIpc) is 2.49. The smallest absolute Gasteiger partial charge is 0.254 e. The van der Waals surface area contributed by atoms with Gasteiger partial charge in [-0.15, -0.1) is 0 Å². The van der Waals surface area contributed by atoms with Crippen LogP contribution in [0.2, 0.25) is 5.15 Å². The summed E-state index contributed by atoms with van der Waals surface area (Å²) in [6.45, 7) is 6.43. The molecule has 0 aliphatic heterocycles. The molecule has 0 aliphatic rings. The summed E-state index contributed by atoms with van der Waals surface area (Å²) in [5.74, 6) is 0.521. The van der Waals surface area contributed by atoms with Crippen molar-refractivity contribution in [2.45, 2.75) is 26.8 Å². The number of carbonyl (C=O) groups excluding carboxylic acids is 1. The van der Waals surface area contributed by atoms with Crippen molar-refractivity contribution in [2.24, 2.45) is 0 Å². The Kier molecular flexibility index (Phi) is 5.39. The molecular formula is C17H19ClN2O2. The van der Waals surface area contributed by atoms with Gasteiger partial charge in [0.15, 0.2) is 0 Å².